The maximum absolute atomic E-state index is 11.9. The SMILES string of the molecule is CC(=N)CCCNC(=O)CCCCOC1OC(CC(C)=O)C(OC(C)=O)[C@H](OC(C)=O)C1NC(C)=O. The van der Waals surface area contributed by atoms with E-state index >= 15 is 0 Å². The van der Waals surface area contributed by atoms with Gasteiger partial charge in [-0.2, -0.15) is 0 Å². The molecular weight excluding hydrogens is 474 g/mol. The summed E-state index contributed by atoms with van der Waals surface area (Å²) in [6.07, 6.45) is -1.76. The predicted molar refractivity (Wildman–Crippen MR) is 128 cm³/mol. The molecule has 1 heterocycles. The van der Waals surface area contributed by atoms with Crippen LogP contribution < -0.4 is 10.6 Å². The van der Waals surface area contributed by atoms with Crippen LogP contribution in [0.15, 0.2) is 0 Å². The molecule has 12 heteroatoms. The summed E-state index contributed by atoms with van der Waals surface area (Å²) in [5, 5.41) is 12.8. The summed E-state index contributed by atoms with van der Waals surface area (Å²) in [5.74, 6) is -2.12. The van der Waals surface area contributed by atoms with Crippen LogP contribution in [-0.2, 0) is 42.9 Å². The average Bonchev–Trinajstić information content (AvgIpc) is 2.74. The van der Waals surface area contributed by atoms with Crippen LogP contribution in [0.25, 0.3) is 0 Å². The Morgan fingerprint density at radius 1 is 0.861 bits per heavy atom. The molecule has 4 unspecified atom stereocenters. The second kappa shape index (κ2) is 16.0. The van der Waals surface area contributed by atoms with Gasteiger partial charge < -0.3 is 35.0 Å². The molecule has 0 aromatic heterocycles. The molecule has 36 heavy (non-hydrogen) atoms. The fraction of sp³-hybridized carbons (Fsp3) is 0.750. The smallest absolute Gasteiger partial charge is 0.303 e. The van der Waals surface area contributed by atoms with Crippen LogP contribution in [0.1, 0.15) is 73.1 Å². The van der Waals surface area contributed by atoms with Gasteiger partial charge in [0, 0.05) is 52.5 Å². The minimum atomic E-state index is -1.14. The molecule has 1 fully saturated rings. The lowest BCUT2D eigenvalue weighted by Gasteiger charge is -2.45. The Labute approximate surface area is 211 Å². The van der Waals surface area contributed by atoms with Gasteiger partial charge in [0.15, 0.2) is 18.5 Å². The number of ether oxygens (including phenoxy) is 4. The van der Waals surface area contributed by atoms with Gasteiger partial charge in [-0.1, -0.05) is 0 Å². The van der Waals surface area contributed by atoms with Crippen molar-refractivity contribution in [3.05, 3.63) is 0 Å². The van der Waals surface area contributed by atoms with E-state index in [1.54, 1.807) is 6.92 Å². The molecule has 3 N–H and O–H groups in total. The van der Waals surface area contributed by atoms with Gasteiger partial charge in [0.2, 0.25) is 11.8 Å². The number of carbonyl (C=O) groups excluding carboxylic acids is 5. The Hall–Kier alpha value is -2.86. The van der Waals surface area contributed by atoms with Crippen molar-refractivity contribution in [1.82, 2.24) is 10.6 Å². The van der Waals surface area contributed by atoms with Crippen molar-refractivity contribution in [1.29, 1.82) is 5.41 Å². The highest BCUT2D eigenvalue weighted by atomic mass is 16.7. The summed E-state index contributed by atoms with van der Waals surface area (Å²) >= 11 is 0. The zero-order chi connectivity index (χ0) is 27.3. The van der Waals surface area contributed by atoms with E-state index in [9.17, 15) is 24.0 Å². The molecule has 5 atom stereocenters. The molecule has 1 aliphatic rings. The summed E-state index contributed by atoms with van der Waals surface area (Å²) in [6, 6.07) is -1.00. The topological polar surface area (TPSA) is 170 Å². The Morgan fingerprint density at radius 3 is 2.06 bits per heavy atom. The second-order valence-electron chi connectivity index (χ2n) is 8.89. The lowest BCUT2D eigenvalue weighted by molar-refractivity contribution is -0.271. The molecule has 0 saturated carbocycles. The Balaban J connectivity index is 2.81. The van der Waals surface area contributed by atoms with E-state index in [0.29, 0.717) is 44.4 Å². The molecule has 0 aliphatic carbocycles. The number of esters is 2. The van der Waals surface area contributed by atoms with Crippen molar-refractivity contribution in [3.8, 4) is 0 Å². The second-order valence-corrected chi connectivity index (χ2v) is 8.89. The molecule has 1 rings (SSSR count). The van der Waals surface area contributed by atoms with Gasteiger partial charge in [0.05, 0.1) is 0 Å². The first-order valence-electron chi connectivity index (χ1n) is 12.1. The number of hydrogen-bond acceptors (Lipinski definition) is 10. The van der Waals surface area contributed by atoms with Gasteiger partial charge in [-0.15, -0.1) is 0 Å². The average molecular weight is 514 g/mol. The molecule has 0 aromatic rings. The lowest BCUT2D eigenvalue weighted by atomic mass is 9.93. The van der Waals surface area contributed by atoms with Crippen LogP contribution in [0.2, 0.25) is 0 Å². The molecule has 0 aromatic carbocycles. The standard InChI is InChI=1S/C24H39N3O9/c1-14(25)9-8-11-26-20(32)10-6-7-12-33-24-21(27-16(3)29)23(35-18(5)31)22(34-17(4)30)19(36-24)13-15(2)28/h19,21-25H,6-13H2,1-5H3,(H,26,32)(H,27,29)/t19?,21?,22?,23-,24?/m1/s1. The predicted octanol–water partition coefficient (Wildman–Crippen LogP) is 1.18. The summed E-state index contributed by atoms with van der Waals surface area (Å²) in [7, 11) is 0. The van der Waals surface area contributed by atoms with Crippen LogP contribution in [0, 0.1) is 5.41 Å². The number of amides is 2. The summed E-state index contributed by atoms with van der Waals surface area (Å²) in [5.41, 5.74) is 0.574. The molecular formula is C24H39N3O9. The zero-order valence-electron chi connectivity index (χ0n) is 21.7. The number of Topliss-reactive ketones (excluding diaryl/α,β-unsaturated/α-hetero) is 1. The van der Waals surface area contributed by atoms with E-state index in [1.165, 1.54) is 27.7 Å². The Kier molecular flexibility index (Phi) is 13.9. The molecule has 204 valence electrons. The third-order valence-corrected chi connectivity index (χ3v) is 5.24. The number of unbranched alkanes of at least 4 members (excludes halogenated alkanes) is 1. The van der Waals surface area contributed by atoms with E-state index < -0.39 is 48.5 Å². The van der Waals surface area contributed by atoms with Crippen LogP contribution in [-0.4, -0.2) is 79.0 Å². The van der Waals surface area contributed by atoms with Crippen molar-refractivity contribution in [2.75, 3.05) is 13.2 Å². The third kappa shape index (κ3) is 12.2. The molecule has 2 amide bonds. The van der Waals surface area contributed by atoms with Gasteiger partial charge in [-0.3, -0.25) is 24.0 Å². The van der Waals surface area contributed by atoms with Crippen LogP contribution >= 0.6 is 0 Å². The molecule has 0 radical (unpaired) electrons. The minimum absolute atomic E-state index is 0.0941. The summed E-state index contributed by atoms with van der Waals surface area (Å²) < 4.78 is 22.5. The number of nitrogens with one attached hydrogen (secondary N) is 3. The quantitative estimate of drug-likeness (QED) is 0.165. The third-order valence-electron chi connectivity index (χ3n) is 5.24. The molecule has 0 spiro atoms. The zero-order valence-corrected chi connectivity index (χ0v) is 21.7. The molecule has 12 nitrogen and oxygen atoms in total. The summed E-state index contributed by atoms with van der Waals surface area (Å²) in [4.78, 5) is 59.2. The van der Waals surface area contributed by atoms with Gasteiger partial charge in [0.25, 0.3) is 0 Å². The minimum Gasteiger partial charge on any atom is -0.456 e. The highest BCUT2D eigenvalue weighted by Gasteiger charge is 2.51. The first-order valence-corrected chi connectivity index (χ1v) is 12.1. The van der Waals surface area contributed by atoms with E-state index in [1.807, 2.05) is 0 Å². The summed E-state index contributed by atoms with van der Waals surface area (Å²) in [6.45, 7) is 7.38. The van der Waals surface area contributed by atoms with Crippen LogP contribution in [0.3, 0.4) is 0 Å². The van der Waals surface area contributed by atoms with Crippen LogP contribution in [0.5, 0.6) is 0 Å². The van der Waals surface area contributed by atoms with Gasteiger partial charge in [-0.05, 0) is 39.5 Å². The van der Waals surface area contributed by atoms with E-state index in [0.717, 1.165) is 0 Å². The highest BCUT2D eigenvalue weighted by Crippen LogP contribution is 2.29. The van der Waals surface area contributed by atoms with Crippen molar-refractivity contribution >= 4 is 35.2 Å². The van der Waals surface area contributed by atoms with E-state index in [4.69, 9.17) is 24.4 Å². The normalized spacial score (nSPS) is 23.3. The first-order chi connectivity index (χ1) is 16.9. The largest absolute Gasteiger partial charge is 0.456 e. The fourth-order valence-electron chi connectivity index (χ4n) is 3.80. The highest BCUT2D eigenvalue weighted by molar-refractivity contribution is 5.79. The monoisotopic (exact) mass is 513 g/mol. The van der Waals surface area contributed by atoms with Crippen molar-refractivity contribution in [2.24, 2.45) is 0 Å². The van der Waals surface area contributed by atoms with E-state index in [2.05, 4.69) is 10.6 Å². The molecule has 1 aliphatic heterocycles. The number of rotatable bonds is 15. The van der Waals surface area contributed by atoms with Crippen molar-refractivity contribution in [3.63, 3.8) is 0 Å². The Bertz CT molecular complexity index is 802. The number of hydrogen-bond donors (Lipinski definition) is 3. The first kappa shape index (κ1) is 31.2. The van der Waals surface area contributed by atoms with Gasteiger partial charge in [-0.25, -0.2) is 0 Å². The fourth-order valence-corrected chi connectivity index (χ4v) is 3.80. The van der Waals surface area contributed by atoms with E-state index in [-0.39, 0.29) is 24.7 Å². The van der Waals surface area contributed by atoms with Crippen molar-refractivity contribution in [2.45, 2.75) is 104 Å². The maximum atomic E-state index is 11.9. The van der Waals surface area contributed by atoms with Crippen molar-refractivity contribution < 1.29 is 42.9 Å². The van der Waals surface area contributed by atoms with Crippen LogP contribution in [0.4, 0.5) is 0 Å². The molecule has 1 saturated heterocycles. The lowest BCUT2D eigenvalue weighted by Crippen LogP contribution is -2.66. The maximum Gasteiger partial charge on any atom is 0.303 e. The number of carbonyl (C=O) groups is 5. The van der Waals surface area contributed by atoms with Gasteiger partial charge >= 0.3 is 11.9 Å². The number of ketones is 1. The van der Waals surface area contributed by atoms with Gasteiger partial charge in [0.1, 0.15) is 17.9 Å². The molecule has 0 bridgehead atoms. The Morgan fingerprint density at radius 2 is 1.50 bits per heavy atom.